The summed E-state index contributed by atoms with van der Waals surface area (Å²) in [6, 6.07) is 5.38. The summed E-state index contributed by atoms with van der Waals surface area (Å²) in [6.45, 7) is 4.47. The standard InChI is InChI=1S/C24H37N3O4S/c1-18-12-13-19(2)22(17-18)32(30,31)27-16-8-7-11-21(27)14-15-25-23(28)24(29)26-20-9-5-3-4-6-10-20/h12-13,17,20-21H,3-11,14-16H2,1-2H3,(H,25,28)(H,26,29)/t21-/m0/s1. The van der Waals surface area contributed by atoms with Gasteiger partial charge in [0.2, 0.25) is 10.0 Å². The lowest BCUT2D eigenvalue weighted by molar-refractivity contribution is -0.139. The van der Waals surface area contributed by atoms with E-state index in [4.69, 9.17) is 0 Å². The van der Waals surface area contributed by atoms with Crippen molar-refractivity contribution in [2.24, 2.45) is 0 Å². The molecule has 1 heterocycles. The molecule has 0 radical (unpaired) electrons. The van der Waals surface area contributed by atoms with Gasteiger partial charge in [-0.3, -0.25) is 9.59 Å². The van der Waals surface area contributed by atoms with E-state index in [1.165, 1.54) is 12.8 Å². The lowest BCUT2D eigenvalue weighted by atomic mass is 10.0. The molecule has 8 heteroatoms. The highest BCUT2D eigenvalue weighted by Gasteiger charge is 2.34. The third-order valence-electron chi connectivity index (χ3n) is 6.66. The number of carbonyl (C=O) groups is 2. The smallest absolute Gasteiger partial charge is 0.309 e. The Bertz CT molecular complexity index is 908. The second-order valence-corrected chi connectivity index (χ2v) is 11.1. The van der Waals surface area contributed by atoms with E-state index >= 15 is 0 Å². The summed E-state index contributed by atoms with van der Waals surface area (Å²) in [6.07, 6.45) is 9.41. The normalized spacial score (nSPS) is 21.0. The van der Waals surface area contributed by atoms with Crippen molar-refractivity contribution in [1.82, 2.24) is 14.9 Å². The van der Waals surface area contributed by atoms with Crippen LogP contribution in [0.3, 0.4) is 0 Å². The highest BCUT2D eigenvalue weighted by Crippen LogP contribution is 2.29. The van der Waals surface area contributed by atoms with Crippen LogP contribution in [0, 0.1) is 13.8 Å². The summed E-state index contributed by atoms with van der Waals surface area (Å²) >= 11 is 0. The van der Waals surface area contributed by atoms with Gasteiger partial charge in [0, 0.05) is 25.2 Å². The molecule has 2 aliphatic rings. The second-order valence-electron chi connectivity index (χ2n) is 9.24. The first-order valence-electron chi connectivity index (χ1n) is 12.0. The number of piperidine rings is 1. The van der Waals surface area contributed by atoms with Crippen LogP contribution >= 0.6 is 0 Å². The van der Waals surface area contributed by atoms with E-state index < -0.39 is 21.8 Å². The van der Waals surface area contributed by atoms with Gasteiger partial charge < -0.3 is 10.6 Å². The average Bonchev–Trinajstić information content (AvgIpc) is 3.04. The lowest BCUT2D eigenvalue weighted by Gasteiger charge is -2.35. The van der Waals surface area contributed by atoms with Gasteiger partial charge in [0.1, 0.15) is 0 Å². The minimum absolute atomic E-state index is 0.0762. The van der Waals surface area contributed by atoms with Crippen molar-refractivity contribution in [2.75, 3.05) is 13.1 Å². The van der Waals surface area contributed by atoms with E-state index in [1.807, 2.05) is 26.0 Å². The molecule has 1 aromatic carbocycles. The van der Waals surface area contributed by atoms with Gasteiger partial charge in [-0.2, -0.15) is 4.31 Å². The van der Waals surface area contributed by atoms with E-state index in [0.29, 0.717) is 17.9 Å². The molecule has 0 spiro atoms. The summed E-state index contributed by atoms with van der Waals surface area (Å²) < 4.78 is 28.4. The first-order chi connectivity index (χ1) is 15.3. The summed E-state index contributed by atoms with van der Waals surface area (Å²) in [5.74, 6) is -1.21. The largest absolute Gasteiger partial charge is 0.348 e. The minimum Gasteiger partial charge on any atom is -0.348 e. The number of sulfonamides is 1. The minimum atomic E-state index is -3.61. The Kier molecular flexibility index (Phi) is 8.71. The van der Waals surface area contributed by atoms with Crippen LogP contribution in [0.1, 0.15) is 75.3 Å². The van der Waals surface area contributed by atoms with Crippen molar-refractivity contribution >= 4 is 21.8 Å². The van der Waals surface area contributed by atoms with Crippen LogP contribution in [-0.4, -0.2) is 49.7 Å². The Morgan fingerprint density at radius 3 is 2.38 bits per heavy atom. The molecule has 178 valence electrons. The Labute approximate surface area is 192 Å². The molecular weight excluding hydrogens is 426 g/mol. The lowest BCUT2D eigenvalue weighted by Crippen LogP contribution is -2.47. The molecule has 1 aliphatic carbocycles. The van der Waals surface area contributed by atoms with E-state index in [-0.39, 0.29) is 18.6 Å². The Morgan fingerprint density at radius 1 is 0.969 bits per heavy atom. The monoisotopic (exact) mass is 463 g/mol. The highest BCUT2D eigenvalue weighted by molar-refractivity contribution is 7.89. The third-order valence-corrected chi connectivity index (χ3v) is 8.76. The summed E-state index contributed by atoms with van der Waals surface area (Å²) in [5.41, 5.74) is 1.65. The fourth-order valence-electron chi connectivity index (χ4n) is 4.80. The summed E-state index contributed by atoms with van der Waals surface area (Å²) in [7, 11) is -3.61. The number of aryl methyl sites for hydroxylation is 2. The van der Waals surface area contributed by atoms with Crippen LogP contribution in [0.5, 0.6) is 0 Å². The SMILES string of the molecule is Cc1ccc(C)c(S(=O)(=O)N2CCCC[C@H]2CCNC(=O)C(=O)NC2CCCCCC2)c1. The van der Waals surface area contributed by atoms with Crippen LogP contribution in [0.2, 0.25) is 0 Å². The maximum atomic E-state index is 13.4. The molecule has 2 N–H and O–H groups in total. The van der Waals surface area contributed by atoms with E-state index in [1.54, 1.807) is 10.4 Å². The van der Waals surface area contributed by atoms with Gasteiger partial charge in [0.25, 0.3) is 0 Å². The zero-order chi connectivity index (χ0) is 23.1. The summed E-state index contributed by atoms with van der Waals surface area (Å²) in [4.78, 5) is 24.9. The maximum Gasteiger partial charge on any atom is 0.309 e. The van der Waals surface area contributed by atoms with Gasteiger partial charge in [-0.05, 0) is 63.1 Å². The maximum absolute atomic E-state index is 13.4. The fraction of sp³-hybridized carbons (Fsp3) is 0.667. The second kappa shape index (κ2) is 11.3. The van der Waals surface area contributed by atoms with Crippen molar-refractivity contribution in [3.63, 3.8) is 0 Å². The molecule has 1 atom stereocenters. The van der Waals surface area contributed by atoms with Crippen molar-refractivity contribution < 1.29 is 18.0 Å². The number of rotatable bonds is 6. The predicted molar refractivity (Wildman–Crippen MR) is 125 cm³/mol. The molecule has 3 rings (SSSR count). The van der Waals surface area contributed by atoms with Crippen LogP contribution in [0.25, 0.3) is 0 Å². The molecule has 32 heavy (non-hydrogen) atoms. The van der Waals surface area contributed by atoms with Gasteiger partial charge in [0.05, 0.1) is 4.90 Å². The van der Waals surface area contributed by atoms with Crippen molar-refractivity contribution in [3.05, 3.63) is 29.3 Å². The number of nitrogens with one attached hydrogen (secondary N) is 2. The average molecular weight is 464 g/mol. The van der Waals surface area contributed by atoms with Crippen LogP contribution < -0.4 is 10.6 Å². The third kappa shape index (κ3) is 6.32. The first kappa shape index (κ1) is 24.7. The molecule has 7 nitrogen and oxygen atoms in total. The number of hydrogen-bond acceptors (Lipinski definition) is 4. The zero-order valence-electron chi connectivity index (χ0n) is 19.4. The molecule has 2 fully saturated rings. The highest BCUT2D eigenvalue weighted by atomic mass is 32.2. The number of benzene rings is 1. The Hall–Kier alpha value is -1.93. The van der Waals surface area contributed by atoms with Crippen LogP contribution in [-0.2, 0) is 19.6 Å². The Morgan fingerprint density at radius 2 is 1.66 bits per heavy atom. The van der Waals surface area contributed by atoms with E-state index in [0.717, 1.165) is 56.1 Å². The van der Waals surface area contributed by atoms with Gasteiger partial charge in [-0.15, -0.1) is 0 Å². The zero-order valence-corrected chi connectivity index (χ0v) is 20.2. The van der Waals surface area contributed by atoms with Gasteiger partial charge in [-0.25, -0.2) is 8.42 Å². The number of nitrogens with zero attached hydrogens (tertiary/aromatic N) is 1. The number of hydrogen-bond donors (Lipinski definition) is 2. The van der Waals surface area contributed by atoms with E-state index in [9.17, 15) is 18.0 Å². The van der Waals surface area contributed by atoms with Crippen LogP contribution in [0.4, 0.5) is 0 Å². The van der Waals surface area contributed by atoms with Crippen molar-refractivity contribution in [3.8, 4) is 0 Å². The van der Waals surface area contributed by atoms with Crippen molar-refractivity contribution in [1.29, 1.82) is 0 Å². The molecule has 1 aliphatic heterocycles. The molecule has 1 saturated heterocycles. The quantitative estimate of drug-likeness (QED) is 0.500. The van der Waals surface area contributed by atoms with Crippen molar-refractivity contribution in [2.45, 2.75) is 95.0 Å². The van der Waals surface area contributed by atoms with Gasteiger partial charge in [0.15, 0.2) is 0 Å². The molecule has 0 unspecified atom stereocenters. The Balaban J connectivity index is 1.56. The molecule has 2 amide bonds. The summed E-state index contributed by atoms with van der Waals surface area (Å²) in [5, 5.41) is 5.55. The molecule has 0 aromatic heterocycles. The fourth-order valence-corrected chi connectivity index (χ4v) is 6.83. The number of carbonyl (C=O) groups excluding carboxylic acids is 2. The van der Waals surface area contributed by atoms with Gasteiger partial charge >= 0.3 is 11.8 Å². The predicted octanol–water partition coefficient (Wildman–Crippen LogP) is 3.19. The molecular formula is C24H37N3O4S. The first-order valence-corrected chi connectivity index (χ1v) is 13.4. The van der Waals surface area contributed by atoms with E-state index in [2.05, 4.69) is 10.6 Å². The topological polar surface area (TPSA) is 95.6 Å². The number of amides is 2. The van der Waals surface area contributed by atoms with Crippen LogP contribution in [0.15, 0.2) is 23.1 Å². The van der Waals surface area contributed by atoms with Gasteiger partial charge in [-0.1, -0.05) is 44.2 Å². The molecule has 1 aromatic rings. The molecule has 0 bridgehead atoms. The molecule has 1 saturated carbocycles.